The lowest BCUT2D eigenvalue weighted by Crippen LogP contribution is -2.44. The van der Waals surface area contributed by atoms with Gasteiger partial charge in [0.1, 0.15) is 19.3 Å². The zero-order valence-electron chi connectivity index (χ0n) is 15.5. The predicted octanol–water partition coefficient (Wildman–Crippen LogP) is 2.63. The molecule has 4 rings (SSSR count). The van der Waals surface area contributed by atoms with Crippen LogP contribution in [0.5, 0.6) is 11.5 Å². The lowest BCUT2D eigenvalue weighted by Gasteiger charge is -2.20. The van der Waals surface area contributed by atoms with Crippen molar-refractivity contribution in [1.29, 1.82) is 0 Å². The average Bonchev–Trinajstić information content (AvgIpc) is 3.10. The second-order valence-electron chi connectivity index (χ2n) is 6.66. The number of anilines is 1. The van der Waals surface area contributed by atoms with Crippen LogP contribution in [0.1, 0.15) is 12.5 Å². The molecule has 0 unspecified atom stereocenters. The molecule has 1 aliphatic heterocycles. The van der Waals surface area contributed by atoms with Crippen molar-refractivity contribution in [2.75, 3.05) is 18.5 Å². The number of aromatic nitrogens is 1. The van der Waals surface area contributed by atoms with Gasteiger partial charge in [-0.1, -0.05) is 18.2 Å². The van der Waals surface area contributed by atoms with Crippen LogP contribution in [-0.4, -0.2) is 36.1 Å². The topological polar surface area (TPSA) is 92.5 Å². The van der Waals surface area contributed by atoms with E-state index in [0.717, 1.165) is 16.5 Å². The third-order valence-corrected chi connectivity index (χ3v) is 4.60. The Morgan fingerprint density at radius 1 is 1.11 bits per heavy atom. The zero-order valence-corrected chi connectivity index (χ0v) is 15.5. The quantitative estimate of drug-likeness (QED) is 0.635. The highest BCUT2D eigenvalue weighted by Crippen LogP contribution is 2.32. The van der Waals surface area contributed by atoms with Crippen molar-refractivity contribution in [2.24, 2.45) is 0 Å². The fourth-order valence-electron chi connectivity index (χ4n) is 3.33. The maximum atomic E-state index is 12.9. The first-order valence-electron chi connectivity index (χ1n) is 9.13. The van der Waals surface area contributed by atoms with Crippen molar-refractivity contribution in [3.63, 3.8) is 0 Å². The van der Waals surface area contributed by atoms with Gasteiger partial charge < -0.3 is 25.1 Å². The number of amides is 2. The molecule has 3 N–H and O–H groups in total. The molecule has 1 aliphatic rings. The summed E-state index contributed by atoms with van der Waals surface area (Å²) in [7, 11) is 0. The van der Waals surface area contributed by atoms with Crippen LogP contribution in [-0.2, 0) is 16.0 Å². The van der Waals surface area contributed by atoms with Crippen LogP contribution in [0.3, 0.4) is 0 Å². The Morgan fingerprint density at radius 2 is 1.89 bits per heavy atom. The minimum absolute atomic E-state index is 0.262. The van der Waals surface area contributed by atoms with Crippen LogP contribution in [0.2, 0.25) is 0 Å². The Kier molecular flexibility index (Phi) is 4.89. The number of ether oxygens (including phenoxy) is 2. The molecule has 3 aromatic rings. The van der Waals surface area contributed by atoms with Gasteiger partial charge in [0.15, 0.2) is 11.5 Å². The van der Waals surface area contributed by atoms with Crippen LogP contribution in [0.25, 0.3) is 10.9 Å². The second-order valence-corrected chi connectivity index (χ2v) is 6.66. The van der Waals surface area contributed by atoms with Crippen LogP contribution in [0.4, 0.5) is 5.69 Å². The molecular weight excluding hydrogens is 358 g/mol. The van der Waals surface area contributed by atoms with Gasteiger partial charge in [0, 0.05) is 42.2 Å². The fourth-order valence-corrected chi connectivity index (χ4v) is 3.33. The SMILES string of the molecule is CC(=O)N[C@@H](Cc1c[nH]c2ccccc12)C(=O)Nc1ccc2c(c1)OCCO2. The summed E-state index contributed by atoms with van der Waals surface area (Å²) >= 11 is 0. The second kappa shape index (κ2) is 7.64. The molecule has 28 heavy (non-hydrogen) atoms. The summed E-state index contributed by atoms with van der Waals surface area (Å²) in [5.74, 6) is 0.692. The van der Waals surface area contributed by atoms with E-state index in [4.69, 9.17) is 9.47 Å². The van der Waals surface area contributed by atoms with Gasteiger partial charge in [-0.2, -0.15) is 0 Å². The third-order valence-electron chi connectivity index (χ3n) is 4.60. The van der Waals surface area contributed by atoms with Gasteiger partial charge in [0.25, 0.3) is 0 Å². The van der Waals surface area contributed by atoms with E-state index in [9.17, 15) is 9.59 Å². The Balaban J connectivity index is 1.53. The number of carbonyl (C=O) groups excluding carboxylic acids is 2. The number of para-hydroxylation sites is 1. The predicted molar refractivity (Wildman–Crippen MR) is 106 cm³/mol. The van der Waals surface area contributed by atoms with Gasteiger partial charge in [-0.3, -0.25) is 9.59 Å². The summed E-state index contributed by atoms with van der Waals surface area (Å²) in [5, 5.41) is 6.64. The van der Waals surface area contributed by atoms with E-state index in [2.05, 4.69) is 15.6 Å². The average molecular weight is 379 g/mol. The molecule has 144 valence electrons. The number of aromatic amines is 1. The van der Waals surface area contributed by atoms with E-state index < -0.39 is 6.04 Å². The number of hydrogen-bond donors (Lipinski definition) is 3. The van der Waals surface area contributed by atoms with Crippen LogP contribution in [0, 0.1) is 0 Å². The molecule has 0 saturated heterocycles. The van der Waals surface area contributed by atoms with E-state index >= 15 is 0 Å². The number of nitrogens with one attached hydrogen (secondary N) is 3. The first kappa shape index (κ1) is 17.9. The van der Waals surface area contributed by atoms with E-state index in [0.29, 0.717) is 36.8 Å². The maximum absolute atomic E-state index is 12.9. The van der Waals surface area contributed by atoms with Crippen LogP contribution in [0.15, 0.2) is 48.7 Å². The molecule has 0 aliphatic carbocycles. The summed E-state index contributed by atoms with van der Waals surface area (Å²) in [5.41, 5.74) is 2.54. The number of hydrogen-bond acceptors (Lipinski definition) is 4. The van der Waals surface area contributed by atoms with Gasteiger partial charge in [-0.15, -0.1) is 0 Å². The van der Waals surface area contributed by atoms with Gasteiger partial charge in [0.05, 0.1) is 0 Å². The number of carbonyl (C=O) groups is 2. The normalized spacial score (nSPS) is 13.8. The molecule has 2 heterocycles. The van der Waals surface area contributed by atoms with Crippen molar-refractivity contribution in [2.45, 2.75) is 19.4 Å². The molecule has 7 heteroatoms. The van der Waals surface area contributed by atoms with Gasteiger partial charge >= 0.3 is 0 Å². The Bertz CT molecular complexity index is 1030. The molecule has 0 radical (unpaired) electrons. The van der Waals surface area contributed by atoms with Crippen molar-refractivity contribution in [1.82, 2.24) is 10.3 Å². The molecule has 0 bridgehead atoms. The largest absolute Gasteiger partial charge is 0.486 e. The first-order valence-corrected chi connectivity index (χ1v) is 9.13. The summed E-state index contributed by atoms with van der Waals surface area (Å²) < 4.78 is 11.1. The van der Waals surface area contributed by atoms with Gasteiger partial charge in [-0.05, 0) is 23.8 Å². The molecular formula is C21H21N3O4. The van der Waals surface area contributed by atoms with E-state index in [1.54, 1.807) is 18.2 Å². The number of H-pyrrole nitrogens is 1. The first-order chi connectivity index (χ1) is 13.6. The fraction of sp³-hybridized carbons (Fsp3) is 0.238. The van der Waals surface area contributed by atoms with Gasteiger partial charge in [-0.25, -0.2) is 0 Å². The molecule has 1 aromatic heterocycles. The summed E-state index contributed by atoms with van der Waals surface area (Å²) in [4.78, 5) is 27.7. The van der Waals surface area contributed by atoms with Crippen LogP contribution < -0.4 is 20.1 Å². The zero-order chi connectivity index (χ0) is 19.5. The number of benzene rings is 2. The molecule has 2 aromatic carbocycles. The summed E-state index contributed by atoms with van der Waals surface area (Å²) in [6.45, 7) is 2.38. The van der Waals surface area contributed by atoms with Crippen LogP contribution >= 0.6 is 0 Å². The van der Waals surface area contributed by atoms with Crippen molar-refractivity contribution < 1.29 is 19.1 Å². The lowest BCUT2D eigenvalue weighted by atomic mass is 10.0. The van der Waals surface area contributed by atoms with Crippen molar-refractivity contribution >= 4 is 28.4 Å². The highest BCUT2D eigenvalue weighted by molar-refractivity contribution is 5.98. The molecule has 1 atom stereocenters. The summed E-state index contributed by atoms with van der Waals surface area (Å²) in [6, 6.07) is 12.4. The Hall–Kier alpha value is -3.48. The number of rotatable bonds is 5. The van der Waals surface area contributed by atoms with Crippen molar-refractivity contribution in [3.05, 3.63) is 54.2 Å². The molecule has 7 nitrogen and oxygen atoms in total. The monoisotopic (exact) mass is 379 g/mol. The molecule has 0 spiro atoms. The molecule has 0 fully saturated rings. The standard InChI is InChI=1S/C21H21N3O4/c1-13(25)23-18(10-14-12-22-17-5-3-2-4-16(14)17)21(26)24-15-6-7-19-20(11-15)28-9-8-27-19/h2-7,11-12,18,22H,8-10H2,1H3,(H,23,25)(H,24,26)/t18-/m0/s1. The van der Waals surface area contributed by atoms with Gasteiger partial charge in [0.2, 0.25) is 11.8 Å². The molecule has 0 saturated carbocycles. The van der Waals surface area contributed by atoms with E-state index in [-0.39, 0.29) is 11.8 Å². The Morgan fingerprint density at radius 3 is 2.71 bits per heavy atom. The number of fused-ring (bicyclic) bond motifs is 2. The third kappa shape index (κ3) is 3.78. The van der Waals surface area contributed by atoms with Crippen molar-refractivity contribution in [3.8, 4) is 11.5 Å². The highest BCUT2D eigenvalue weighted by Gasteiger charge is 2.22. The smallest absolute Gasteiger partial charge is 0.247 e. The highest BCUT2D eigenvalue weighted by atomic mass is 16.6. The lowest BCUT2D eigenvalue weighted by molar-refractivity contribution is -0.125. The Labute approximate surface area is 162 Å². The minimum Gasteiger partial charge on any atom is -0.486 e. The maximum Gasteiger partial charge on any atom is 0.247 e. The van der Waals surface area contributed by atoms with E-state index in [1.165, 1.54) is 6.92 Å². The van der Waals surface area contributed by atoms with E-state index in [1.807, 2.05) is 30.5 Å². The summed E-state index contributed by atoms with van der Waals surface area (Å²) in [6.07, 6.45) is 2.25. The molecule has 2 amide bonds. The minimum atomic E-state index is -0.704.